The maximum Gasteiger partial charge on any atom is 0.233 e. The number of amides is 1. The van der Waals surface area contributed by atoms with Gasteiger partial charge in [0.2, 0.25) is 5.91 Å². The van der Waals surface area contributed by atoms with Crippen LogP contribution in [0, 0.1) is 5.92 Å². The first-order valence-electron chi connectivity index (χ1n) is 5.50. The Kier molecular flexibility index (Phi) is 4.67. The monoisotopic (exact) mass is 265 g/mol. The van der Waals surface area contributed by atoms with Crippen LogP contribution in [0.1, 0.15) is 26.7 Å². The number of thiol groups is 1. The summed E-state index contributed by atoms with van der Waals surface area (Å²) in [6.07, 6.45) is 1.04. The van der Waals surface area contributed by atoms with Crippen LogP contribution in [-0.4, -0.2) is 37.1 Å². The predicted molar refractivity (Wildman–Crippen MR) is 67.4 cm³/mol. The van der Waals surface area contributed by atoms with Crippen molar-refractivity contribution in [2.45, 2.75) is 38.0 Å². The van der Waals surface area contributed by atoms with Gasteiger partial charge in [0, 0.05) is 6.04 Å². The Morgan fingerprint density at radius 1 is 1.31 bits per heavy atom. The van der Waals surface area contributed by atoms with Crippen LogP contribution in [0.4, 0.5) is 0 Å². The van der Waals surface area contributed by atoms with Gasteiger partial charge in [0.05, 0.1) is 16.8 Å². The molecule has 0 aromatic rings. The summed E-state index contributed by atoms with van der Waals surface area (Å²) < 4.78 is 22.4. The van der Waals surface area contributed by atoms with Gasteiger partial charge in [-0.15, -0.1) is 0 Å². The van der Waals surface area contributed by atoms with Crippen molar-refractivity contribution in [3.05, 3.63) is 0 Å². The Morgan fingerprint density at radius 2 is 1.81 bits per heavy atom. The van der Waals surface area contributed by atoms with Crippen molar-refractivity contribution in [3.8, 4) is 0 Å². The fraction of sp³-hybridized carbons (Fsp3) is 0.900. The first-order chi connectivity index (χ1) is 7.32. The van der Waals surface area contributed by atoms with E-state index in [0.717, 1.165) is 0 Å². The molecular formula is C10H19NO3S2. The molecule has 1 N–H and O–H groups in total. The van der Waals surface area contributed by atoms with E-state index in [-0.39, 0.29) is 34.6 Å². The standard InChI is InChI=1S/C10H19NO3S2/c1-7(2)9(15)10(12)11-8-3-5-16(13,14)6-4-8/h7-9,15H,3-6H2,1-2H3,(H,11,12). The van der Waals surface area contributed by atoms with Crippen molar-refractivity contribution < 1.29 is 13.2 Å². The summed E-state index contributed by atoms with van der Waals surface area (Å²) in [5.74, 6) is 0.437. The molecule has 1 fully saturated rings. The number of nitrogens with one attached hydrogen (secondary N) is 1. The van der Waals surface area contributed by atoms with Gasteiger partial charge in [-0.25, -0.2) is 8.42 Å². The summed E-state index contributed by atoms with van der Waals surface area (Å²) in [5.41, 5.74) is 0. The molecule has 1 rings (SSSR count). The van der Waals surface area contributed by atoms with E-state index < -0.39 is 9.84 Å². The summed E-state index contributed by atoms with van der Waals surface area (Å²) in [6, 6.07) is -0.00979. The first kappa shape index (κ1) is 13.8. The molecule has 1 aliphatic rings. The van der Waals surface area contributed by atoms with Gasteiger partial charge < -0.3 is 5.32 Å². The minimum atomic E-state index is -2.86. The number of rotatable bonds is 3. The summed E-state index contributed by atoms with van der Waals surface area (Å²) in [5, 5.41) is 2.54. The molecule has 6 heteroatoms. The fourth-order valence-electron chi connectivity index (χ4n) is 1.62. The van der Waals surface area contributed by atoms with Gasteiger partial charge in [0.25, 0.3) is 0 Å². The zero-order chi connectivity index (χ0) is 12.3. The third-order valence-electron chi connectivity index (χ3n) is 2.80. The molecule has 1 unspecified atom stereocenters. The average Bonchev–Trinajstić information content (AvgIpc) is 2.19. The first-order valence-corrected chi connectivity index (χ1v) is 7.84. The molecule has 1 aliphatic heterocycles. The maximum absolute atomic E-state index is 11.7. The highest BCUT2D eigenvalue weighted by Crippen LogP contribution is 2.14. The highest BCUT2D eigenvalue weighted by atomic mass is 32.2. The molecule has 1 atom stereocenters. The third kappa shape index (κ3) is 3.97. The van der Waals surface area contributed by atoms with E-state index in [9.17, 15) is 13.2 Å². The Morgan fingerprint density at radius 3 is 2.25 bits per heavy atom. The van der Waals surface area contributed by atoms with E-state index in [2.05, 4.69) is 17.9 Å². The van der Waals surface area contributed by atoms with Gasteiger partial charge in [0.1, 0.15) is 9.84 Å². The van der Waals surface area contributed by atoms with Crippen LogP contribution in [0.15, 0.2) is 0 Å². The van der Waals surface area contributed by atoms with E-state index in [1.54, 1.807) is 0 Å². The zero-order valence-corrected chi connectivity index (χ0v) is 11.4. The van der Waals surface area contributed by atoms with Gasteiger partial charge in [-0.05, 0) is 18.8 Å². The van der Waals surface area contributed by atoms with E-state index in [4.69, 9.17) is 0 Å². The van der Waals surface area contributed by atoms with Crippen LogP contribution in [-0.2, 0) is 14.6 Å². The normalized spacial score (nSPS) is 23.0. The van der Waals surface area contributed by atoms with Crippen LogP contribution in [0.2, 0.25) is 0 Å². The topological polar surface area (TPSA) is 63.2 Å². The molecule has 0 aliphatic carbocycles. The lowest BCUT2D eigenvalue weighted by atomic mass is 10.1. The van der Waals surface area contributed by atoms with Crippen LogP contribution in [0.3, 0.4) is 0 Å². The highest BCUT2D eigenvalue weighted by molar-refractivity contribution is 7.91. The molecule has 0 spiro atoms. The number of carbonyl (C=O) groups excluding carboxylic acids is 1. The van der Waals surface area contributed by atoms with E-state index in [0.29, 0.717) is 12.8 Å². The van der Waals surface area contributed by atoms with Gasteiger partial charge in [0.15, 0.2) is 0 Å². The average molecular weight is 265 g/mol. The number of hydrogen-bond donors (Lipinski definition) is 2. The highest BCUT2D eigenvalue weighted by Gasteiger charge is 2.26. The quantitative estimate of drug-likeness (QED) is 0.736. The summed E-state index contributed by atoms with van der Waals surface area (Å²) in [4.78, 5) is 11.7. The van der Waals surface area contributed by atoms with Gasteiger partial charge in [-0.3, -0.25) is 4.79 Å². The second kappa shape index (κ2) is 5.40. The minimum absolute atomic E-state index is 0.00979. The van der Waals surface area contributed by atoms with Gasteiger partial charge in [-0.1, -0.05) is 13.8 Å². The predicted octanol–water partition coefficient (Wildman–Crippen LogP) is 0.634. The third-order valence-corrected chi connectivity index (χ3v) is 5.35. The SMILES string of the molecule is CC(C)C(S)C(=O)NC1CCS(=O)(=O)CC1. The van der Waals surface area contributed by atoms with Crippen LogP contribution in [0.25, 0.3) is 0 Å². The maximum atomic E-state index is 11.7. The smallest absolute Gasteiger partial charge is 0.233 e. The Bertz CT molecular complexity index is 337. The molecular weight excluding hydrogens is 246 g/mol. The zero-order valence-electron chi connectivity index (χ0n) is 9.64. The molecule has 0 aromatic heterocycles. The van der Waals surface area contributed by atoms with Gasteiger partial charge >= 0.3 is 0 Å². The Hall–Kier alpha value is -0.230. The van der Waals surface area contributed by atoms with Crippen molar-refractivity contribution in [1.29, 1.82) is 0 Å². The van der Waals surface area contributed by atoms with E-state index in [1.807, 2.05) is 13.8 Å². The van der Waals surface area contributed by atoms with Crippen molar-refractivity contribution in [3.63, 3.8) is 0 Å². The molecule has 1 heterocycles. The Labute approximate surface area is 103 Å². The molecule has 1 amide bonds. The van der Waals surface area contributed by atoms with Crippen LogP contribution < -0.4 is 5.32 Å². The van der Waals surface area contributed by atoms with Crippen molar-refractivity contribution >= 4 is 28.4 Å². The van der Waals surface area contributed by atoms with E-state index >= 15 is 0 Å². The molecule has 1 saturated heterocycles. The van der Waals surface area contributed by atoms with Crippen molar-refractivity contribution in [2.24, 2.45) is 5.92 Å². The number of carbonyl (C=O) groups is 1. The molecule has 4 nitrogen and oxygen atoms in total. The van der Waals surface area contributed by atoms with Crippen LogP contribution in [0.5, 0.6) is 0 Å². The molecule has 16 heavy (non-hydrogen) atoms. The minimum Gasteiger partial charge on any atom is -0.352 e. The summed E-state index contributed by atoms with van der Waals surface area (Å²) in [6.45, 7) is 3.87. The number of sulfone groups is 1. The number of hydrogen-bond acceptors (Lipinski definition) is 4. The van der Waals surface area contributed by atoms with E-state index in [1.165, 1.54) is 0 Å². The molecule has 0 saturated carbocycles. The second-order valence-corrected chi connectivity index (χ2v) is 7.48. The summed E-state index contributed by atoms with van der Waals surface area (Å²) >= 11 is 4.22. The molecule has 0 radical (unpaired) electrons. The summed E-state index contributed by atoms with van der Waals surface area (Å²) in [7, 11) is -2.86. The van der Waals surface area contributed by atoms with Gasteiger partial charge in [-0.2, -0.15) is 12.6 Å². The molecule has 0 aromatic carbocycles. The fourth-order valence-corrected chi connectivity index (χ4v) is 3.19. The van der Waals surface area contributed by atoms with Crippen molar-refractivity contribution in [2.75, 3.05) is 11.5 Å². The lowest BCUT2D eigenvalue weighted by molar-refractivity contribution is -0.121. The van der Waals surface area contributed by atoms with Crippen LogP contribution >= 0.6 is 12.6 Å². The largest absolute Gasteiger partial charge is 0.352 e. The lowest BCUT2D eigenvalue weighted by Gasteiger charge is -2.25. The molecule has 0 bridgehead atoms. The Balaban J connectivity index is 2.42. The lowest BCUT2D eigenvalue weighted by Crippen LogP contribution is -2.44. The van der Waals surface area contributed by atoms with Crippen molar-refractivity contribution in [1.82, 2.24) is 5.32 Å². The second-order valence-electron chi connectivity index (χ2n) is 4.62. The molecule has 94 valence electrons.